The average Bonchev–Trinajstić information content (AvgIpc) is 1.55. The number of benzene rings is 18. The summed E-state index contributed by atoms with van der Waals surface area (Å²) in [5, 5.41) is 15.0. The molecule has 0 saturated heterocycles. The highest BCUT2D eigenvalue weighted by Crippen LogP contribution is 2.58. The van der Waals surface area contributed by atoms with Crippen molar-refractivity contribution in [2.24, 2.45) is 0 Å². The molecule has 3 aliphatic carbocycles. The summed E-state index contributed by atoms with van der Waals surface area (Å²) in [7, 11) is 0. The Hall–Kier alpha value is -14.8. The minimum atomic E-state index is -0.0570. The quantitative estimate of drug-likeness (QED) is 0.166. The van der Waals surface area contributed by atoms with Crippen LogP contribution in [0.4, 0.5) is 0 Å². The molecule has 0 amide bonds. The smallest absolute Gasteiger partial charge is 0.143 e. The molecule has 0 fully saturated rings. The molecule has 6 heteroatoms. The Labute approximate surface area is 715 Å². The van der Waals surface area contributed by atoms with Crippen molar-refractivity contribution >= 4 is 141 Å². The van der Waals surface area contributed by atoms with E-state index in [0.717, 1.165) is 66.7 Å². The third-order valence-corrected chi connectivity index (χ3v) is 28.9. The number of aromatic nitrogens is 3. The minimum absolute atomic E-state index is 0.0156. The molecule has 0 radical (unpaired) electrons. The molecule has 0 saturated carbocycles. The highest BCUT2D eigenvalue weighted by Gasteiger charge is 2.41. The fraction of sp³-hybridized carbons (Fsp3) is 0.0769. The number of para-hydroxylation sites is 8. The molecule has 24 aromatic rings. The summed E-state index contributed by atoms with van der Waals surface area (Å²) in [5.74, 6) is 0. The van der Waals surface area contributed by atoms with Crippen LogP contribution in [-0.4, -0.2) is 13.7 Å². The first-order chi connectivity index (χ1) is 60.3. The molecular weight excluding hydrogens is 1510 g/mol. The summed E-state index contributed by atoms with van der Waals surface area (Å²) in [5.41, 5.74) is 37.8. The van der Waals surface area contributed by atoms with Crippen molar-refractivity contribution in [2.75, 3.05) is 0 Å². The first-order valence-electron chi connectivity index (χ1n) is 42.9. The van der Waals surface area contributed by atoms with Crippen LogP contribution in [0.1, 0.15) is 74.9 Å². The van der Waals surface area contributed by atoms with E-state index in [-0.39, 0.29) is 16.2 Å². The second kappa shape index (κ2) is 26.6. The standard InChI is InChI=1S/2C39H27NO.C39H27NS/c1-39(2)32-18-6-3-15-31(32)36-33(39)22-21-30-29-17-10-16-26(37(29)41-38(30)36)24-11-9-12-25(23-24)40-34-19-7-4-13-27(34)28-14-5-8-20-35(28)40;2*1-39(2)32-15-6-3-12-31(32)36-33(39)23-22-30-29-14-9-13-26(37(29)41-38(30)36)24-18-20-25(21-19-24)40-34-16-7-4-10-27(34)28-11-5-8-17-35(28)40/h3*3-23H,1-2H3. The topological polar surface area (TPSA) is 41.1 Å². The molecule has 6 aromatic heterocycles. The summed E-state index contributed by atoms with van der Waals surface area (Å²) in [6.45, 7) is 14.0. The lowest BCUT2D eigenvalue weighted by molar-refractivity contribution is 0.653. The van der Waals surface area contributed by atoms with Crippen LogP contribution >= 0.6 is 11.3 Å². The number of thiophene rings is 1. The summed E-state index contributed by atoms with van der Waals surface area (Å²) in [6, 6.07) is 139. The van der Waals surface area contributed by atoms with Crippen LogP contribution in [-0.2, 0) is 16.2 Å². The maximum Gasteiger partial charge on any atom is 0.143 e. The Bertz CT molecular complexity index is 8100. The summed E-state index contributed by atoms with van der Waals surface area (Å²) in [6.07, 6.45) is 0. The van der Waals surface area contributed by atoms with Crippen LogP contribution in [0.5, 0.6) is 0 Å². The number of hydrogen-bond acceptors (Lipinski definition) is 3. The Morgan fingerprint density at radius 2 is 0.488 bits per heavy atom. The first kappa shape index (κ1) is 71.1. The molecule has 0 spiro atoms. The summed E-state index contributed by atoms with van der Waals surface area (Å²) < 4.78 is 23.6. The van der Waals surface area contributed by atoms with Gasteiger partial charge in [0.05, 0.1) is 33.1 Å². The number of furan rings is 2. The number of fused-ring (bicyclic) bond motifs is 30. The van der Waals surface area contributed by atoms with Crippen LogP contribution in [0.3, 0.4) is 0 Å². The predicted molar refractivity (Wildman–Crippen MR) is 519 cm³/mol. The SMILES string of the molecule is CC1(C)c2ccccc2-c2c1ccc1c2oc2c(-c3ccc(-n4c5ccccc5c5ccccc54)cc3)cccc21.CC1(C)c2ccccc2-c2c1ccc1c2oc2c(-c3cccc(-n4c5ccccc5c5ccccc54)c3)cccc21.CC1(C)c2ccccc2-c2c1ccc1c2sc2c(-c3ccc(-n4c5ccccc5c5ccccc54)cc3)cccc21. The van der Waals surface area contributed by atoms with Gasteiger partial charge in [0.15, 0.2) is 0 Å². The zero-order valence-electron chi connectivity index (χ0n) is 68.9. The van der Waals surface area contributed by atoms with Gasteiger partial charge >= 0.3 is 0 Å². The van der Waals surface area contributed by atoms with Crippen LogP contribution in [0.15, 0.2) is 391 Å². The van der Waals surface area contributed by atoms with E-state index in [1.54, 1.807) is 0 Å². The Morgan fingerprint density at radius 1 is 0.195 bits per heavy atom. The molecule has 0 aliphatic heterocycles. The molecule has 582 valence electrons. The van der Waals surface area contributed by atoms with E-state index in [1.807, 2.05) is 11.3 Å². The highest BCUT2D eigenvalue weighted by molar-refractivity contribution is 7.27. The number of nitrogens with zero attached hydrogens (tertiary/aromatic N) is 3. The average molecular weight is 1590 g/mol. The van der Waals surface area contributed by atoms with Crippen LogP contribution in [0.25, 0.3) is 213 Å². The Balaban J connectivity index is 0.000000101. The maximum absolute atomic E-state index is 6.90. The normalized spacial score (nSPS) is 13.8. The Morgan fingerprint density at radius 3 is 0.911 bits per heavy atom. The molecule has 0 atom stereocenters. The lowest BCUT2D eigenvalue weighted by atomic mass is 9.82. The van der Waals surface area contributed by atoms with E-state index in [4.69, 9.17) is 8.83 Å². The van der Waals surface area contributed by atoms with Crippen LogP contribution in [0, 0.1) is 0 Å². The molecule has 27 rings (SSSR count). The molecule has 18 aromatic carbocycles. The van der Waals surface area contributed by atoms with Gasteiger partial charge in [-0.25, -0.2) is 0 Å². The second-order valence-electron chi connectivity index (χ2n) is 35.2. The fourth-order valence-electron chi connectivity index (χ4n) is 21.8. The van der Waals surface area contributed by atoms with Gasteiger partial charge in [0.1, 0.15) is 22.3 Å². The van der Waals surface area contributed by atoms with E-state index in [1.165, 1.54) is 180 Å². The van der Waals surface area contributed by atoms with Crippen molar-refractivity contribution in [3.05, 3.63) is 416 Å². The fourth-order valence-corrected chi connectivity index (χ4v) is 23.2. The molecule has 0 unspecified atom stereocenters. The molecule has 0 bridgehead atoms. The zero-order chi connectivity index (χ0) is 81.9. The number of hydrogen-bond donors (Lipinski definition) is 0. The van der Waals surface area contributed by atoms with E-state index >= 15 is 0 Å². The second-order valence-corrected chi connectivity index (χ2v) is 36.2. The van der Waals surface area contributed by atoms with Crippen molar-refractivity contribution in [3.63, 3.8) is 0 Å². The highest BCUT2D eigenvalue weighted by atomic mass is 32.1. The van der Waals surface area contributed by atoms with Crippen LogP contribution < -0.4 is 0 Å². The van der Waals surface area contributed by atoms with Crippen molar-refractivity contribution < 1.29 is 8.83 Å². The zero-order valence-corrected chi connectivity index (χ0v) is 69.8. The third kappa shape index (κ3) is 10.3. The van der Waals surface area contributed by atoms with E-state index in [0.29, 0.717) is 0 Å². The largest absolute Gasteiger partial charge is 0.455 e. The number of rotatable bonds is 6. The molecular formula is C117H81N3O2S. The van der Waals surface area contributed by atoms with E-state index in [9.17, 15) is 0 Å². The molecule has 3 aliphatic rings. The van der Waals surface area contributed by atoms with E-state index < -0.39 is 0 Å². The van der Waals surface area contributed by atoms with Gasteiger partial charge in [-0.1, -0.05) is 351 Å². The van der Waals surface area contributed by atoms with Gasteiger partial charge in [-0.3, -0.25) is 0 Å². The first-order valence-corrected chi connectivity index (χ1v) is 43.7. The Kier molecular flexibility index (Phi) is 15.4. The van der Waals surface area contributed by atoms with Gasteiger partial charge in [0.2, 0.25) is 0 Å². The van der Waals surface area contributed by atoms with E-state index in [2.05, 4.69) is 437 Å². The summed E-state index contributed by atoms with van der Waals surface area (Å²) in [4.78, 5) is 0. The molecule has 5 nitrogen and oxygen atoms in total. The van der Waals surface area contributed by atoms with Crippen molar-refractivity contribution in [1.29, 1.82) is 0 Å². The van der Waals surface area contributed by atoms with Gasteiger partial charge in [0.25, 0.3) is 0 Å². The molecule has 123 heavy (non-hydrogen) atoms. The van der Waals surface area contributed by atoms with Gasteiger partial charge in [-0.15, -0.1) is 11.3 Å². The van der Waals surface area contributed by atoms with Gasteiger partial charge in [-0.05, 0) is 145 Å². The lowest BCUT2D eigenvalue weighted by Gasteiger charge is -2.21. The van der Waals surface area contributed by atoms with Gasteiger partial charge in [0, 0.05) is 135 Å². The summed E-state index contributed by atoms with van der Waals surface area (Å²) >= 11 is 1.95. The van der Waals surface area contributed by atoms with Gasteiger partial charge in [-0.2, -0.15) is 0 Å². The molecule has 0 N–H and O–H groups in total. The van der Waals surface area contributed by atoms with Crippen LogP contribution in [0.2, 0.25) is 0 Å². The van der Waals surface area contributed by atoms with Crippen molar-refractivity contribution in [2.45, 2.75) is 57.8 Å². The lowest BCUT2D eigenvalue weighted by Crippen LogP contribution is -2.14. The minimum Gasteiger partial charge on any atom is -0.455 e. The van der Waals surface area contributed by atoms with Gasteiger partial charge < -0.3 is 22.5 Å². The maximum atomic E-state index is 6.90. The molecule has 6 heterocycles. The van der Waals surface area contributed by atoms with Crippen molar-refractivity contribution in [3.8, 4) is 83.8 Å². The van der Waals surface area contributed by atoms with Crippen molar-refractivity contribution in [1.82, 2.24) is 13.7 Å². The third-order valence-electron chi connectivity index (χ3n) is 27.7. The monoisotopic (exact) mass is 1590 g/mol. The predicted octanol–water partition coefficient (Wildman–Crippen LogP) is 32.4.